The molecule has 1 aromatic carbocycles. The number of benzene rings is 1. The van der Waals surface area contributed by atoms with E-state index in [0.29, 0.717) is 18.6 Å². The highest BCUT2D eigenvalue weighted by molar-refractivity contribution is 6.59. The normalized spacial score (nSPS) is 19.8. The van der Waals surface area contributed by atoms with E-state index in [9.17, 15) is 10.0 Å². The number of rotatable bonds is 3. The van der Waals surface area contributed by atoms with Crippen molar-refractivity contribution >= 4 is 12.6 Å². The summed E-state index contributed by atoms with van der Waals surface area (Å²) in [7, 11) is -1.41. The average molecular weight is 249 g/mol. The van der Waals surface area contributed by atoms with Gasteiger partial charge in [-0.15, -0.1) is 0 Å². The van der Waals surface area contributed by atoms with E-state index in [1.165, 1.54) is 0 Å². The predicted molar refractivity (Wildman–Crippen MR) is 71.6 cm³/mol. The van der Waals surface area contributed by atoms with Crippen LogP contribution < -0.4 is 5.46 Å². The fourth-order valence-electron chi connectivity index (χ4n) is 2.32. The van der Waals surface area contributed by atoms with Crippen molar-refractivity contribution in [3.8, 4) is 0 Å². The van der Waals surface area contributed by atoms with Gasteiger partial charge in [-0.05, 0) is 24.9 Å². The molecule has 0 amide bonds. The molecule has 0 aromatic heterocycles. The Kier molecular flexibility index (Phi) is 4.07. The van der Waals surface area contributed by atoms with Crippen LogP contribution in [0.25, 0.3) is 0 Å². The summed E-state index contributed by atoms with van der Waals surface area (Å²) in [5, 5.41) is 18.8. The quantitative estimate of drug-likeness (QED) is 0.739. The van der Waals surface area contributed by atoms with Crippen LogP contribution in [-0.2, 0) is 11.3 Å². The van der Waals surface area contributed by atoms with Crippen molar-refractivity contribution in [1.82, 2.24) is 4.90 Å². The van der Waals surface area contributed by atoms with Gasteiger partial charge in [0.2, 0.25) is 0 Å². The summed E-state index contributed by atoms with van der Waals surface area (Å²) in [6.07, 6.45) is 0. The highest BCUT2D eigenvalue weighted by Gasteiger charge is 2.31. The van der Waals surface area contributed by atoms with Crippen molar-refractivity contribution in [3.63, 3.8) is 0 Å². The Balaban J connectivity index is 2.18. The minimum atomic E-state index is -1.41. The first kappa shape index (κ1) is 13.6. The summed E-state index contributed by atoms with van der Waals surface area (Å²) in [4.78, 5) is 2.32. The summed E-state index contributed by atoms with van der Waals surface area (Å²) < 4.78 is 5.49. The fraction of sp³-hybridized carbons (Fsp3) is 0.538. The van der Waals surface area contributed by atoms with Crippen LogP contribution in [0.4, 0.5) is 0 Å². The van der Waals surface area contributed by atoms with E-state index in [1.54, 1.807) is 6.07 Å². The minimum Gasteiger partial charge on any atom is -0.423 e. The molecule has 4 nitrogen and oxygen atoms in total. The lowest BCUT2D eigenvalue weighted by Crippen LogP contribution is -2.53. The summed E-state index contributed by atoms with van der Waals surface area (Å²) >= 11 is 0. The van der Waals surface area contributed by atoms with Crippen LogP contribution in [0.3, 0.4) is 0 Å². The Morgan fingerprint density at radius 1 is 1.33 bits per heavy atom. The molecule has 1 saturated heterocycles. The number of nitrogens with zero attached hydrogens (tertiary/aromatic N) is 1. The van der Waals surface area contributed by atoms with E-state index < -0.39 is 7.12 Å². The third kappa shape index (κ3) is 2.92. The van der Waals surface area contributed by atoms with Gasteiger partial charge in [-0.3, -0.25) is 4.90 Å². The van der Waals surface area contributed by atoms with Crippen LogP contribution in [-0.4, -0.2) is 47.4 Å². The van der Waals surface area contributed by atoms with Crippen LogP contribution in [0.5, 0.6) is 0 Å². The lowest BCUT2D eigenvalue weighted by atomic mass is 9.76. The largest absolute Gasteiger partial charge is 0.488 e. The first-order valence-electron chi connectivity index (χ1n) is 6.27. The summed E-state index contributed by atoms with van der Waals surface area (Å²) in [6.45, 7) is 7.30. The van der Waals surface area contributed by atoms with Crippen molar-refractivity contribution in [3.05, 3.63) is 29.8 Å². The van der Waals surface area contributed by atoms with Gasteiger partial charge in [-0.25, -0.2) is 0 Å². The molecule has 1 fully saturated rings. The van der Waals surface area contributed by atoms with Crippen LogP contribution in [0, 0.1) is 0 Å². The Morgan fingerprint density at radius 3 is 2.72 bits per heavy atom. The molecule has 0 bridgehead atoms. The molecule has 1 aliphatic heterocycles. The van der Waals surface area contributed by atoms with Crippen LogP contribution in [0.15, 0.2) is 24.3 Å². The Bertz CT molecular complexity index is 409. The zero-order chi connectivity index (χ0) is 13.2. The number of hydrogen-bond donors (Lipinski definition) is 2. The third-order valence-electron chi connectivity index (χ3n) is 3.51. The van der Waals surface area contributed by atoms with Crippen LogP contribution >= 0.6 is 0 Å². The van der Waals surface area contributed by atoms with Crippen molar-refractivity contribution in [1.29, 1.82) is 0 Å². The van der Waals surface area contributed by atoms with E-state index in [2.05, 4.69) is 18.7 Å². The third-order valence-corrected chi connectivity index (χ3v) is 3.51. The molecule has 18 heavy (non-hydrogen) atoms. The molecule has 0 atom stereocenters. The molecule has 1 heterocycles. The van der Waals surface area contributed by atoms with Gasteiger partial charge in [-0.2, -0.15) is 0 Å². The van der Waals surface area contributed by atoms with Crippen molar-refractivity contribution in [2.24, 2.45) is 0 Å². The van der Waals surface area contributed by atoms with E-state index in [-0.39, 0.29) is 5.54 Å². The van der Waals surface area contributed by atoms with Crippen LogP contribution in [0.2, 0.25) is 0 Å². The maximum absolute atomic E-state index is 9.38. The van der Waals surface area contributed by atoms with Gasteiger partial charge in [0.1, 0.15) is 0 Å². The van der Waals surface area contributed by atoms with Crippen LogP contribution in [0.1, 0.15) is 19.4 Å². The van der Waals surface area contributed by atoms with Crippen molar-refractivity contribution in [2.45, 2.75) is 25.9 Å². The molecule has 0 saturated carbocycles. The second-order valence-corrected chi connectivity index (χ2v) is 5.36. The van der Waals surface area contributed by atoms with Crippen molar-refractivity contribution in [2.75, 3.05) is 19.8 Å². The predicted octanol–water partition coefficient (Wildman–Crippen LogP) is -0.0228. The molecule has 5 heteroatoms. The topological polar surface area (TPSA) is 52.9 Å². The highest BCUT2D eigenvalue weighted by atomic mass is 16.5. The second-order valence-electron chi connectivity index (χ2n) is 5.36. The molecule has 1 aromatic rings. The van der Waals surface area contributed by atoms with Gasteiger partial charge < -0.3 is 14.8 Å². The van der Waals surface area contributed by atoms with Gasteiger partial charge in [-0.1, -0.05) is 24.3 Å². The van der Waals surface area contributed by atoms with E-state index in [1.807, 2.05) is 18.2 Å². The highest BCUT2D eigenvalue weighted by Crippen LogP contribution is 2.21. The number of ether oxygens (including phenoxy) is 1. The van der Waals surface area contributed by atoms with Gasteiger partial charge in [0, 0.05) is 18.6 Å². The SMILES string of the molecule is CC1(C)COCCN1Cc1ccccc1B(O)O. The molecular weight excluding hydrogens is 229 g/mol. The average Bonchev–Trinajstić information content (AvgIpc) is 2.32. The minimum absolute atomic E-state index is 0.0221. The Morgan fingerprint density at radius 2 is 2.06 bits per heavy atom. The van der Waals surface area contributed by atoms with Crippen molar-refractivity contribution < 1.29 is 14.8 Å². The zero-order valence-electron chi connectivity index (χ0n) is 11.0. The summed E-state index contributed by atoms with van der Waals surface area (Å²) in [5.41, 5.74) is 1.52. The van der Waals surface area contributed by atoms with Gasteiger partial charge >= 0.3 is 7.12 Å². The molecule has 0 radical (unpaired) electrons. The summed E-state index contributed by atoms with van der Waals surface area (Å²) in [6, 6.07) is 7.45. The molecule has 0 spiro atoms. The van der Waals surface area contributed by atoms with Gasteiger partial charge in [0.25, 0.3) is 0 Å². The second kappa shape index (κ2) is 5.40. The smallest absolute Gasteiger partial charge is 0.423 e. The molecule has 0 aliphatic carbocycles. The van der Waals surface area contributed by atoms with E-state index in [4.69, 9.17) is 4.74 Å². The molecular formula is C13H20BNO3. The van der Waals surface area contributed by atoms with Gasteiger partial charge in [0.05, 0.1) is 13.2 Å². The summed E-state index contributed by atoms with van der Waals surface area (Å²) in [5.74, 6) is 0. The van der Waals surface area contributed by atoms with E-state index in [0.717, 1.165) is 18.7 Å². The first-order chi connectivity index (χ1) is 8.50. The lowest BCUT2D eigenvalue weighted by molar-refractivity contribution is -0.0551. The fourth-order valence-corrected chi connectivity index (χ4v) is 2.32. The Hall–Kier alpha value is -0.875. The zero-order valence-corrected chi connectivity index (χ0v) is 11.0. The Labute approximate surface area is 108 Å². The van der Waals surface area contributed by atoms with Gasteiger partial charge in [0.15, 0.2) is 0 Å². The maximum atomic E-state index is 9.38. The molecule has 98 valence electrons. The lowest BCUT2D eigenvalue weighted by Gasteiger charge is -2.42. The molecule has 2 N–H and O–H groups in total. The number of morpholine rings is 1. The first-order valence-corrected chi connectivity index (χ1v) is 6.27. The monoisotopic (exact) mass is 249 g/mol. The van der Waals surface area contributed by atoms with E-state index >= 15 is 0 Å². The molecule has 0 unspecified atom stereocenters. The number of hydrogen-bond acceptors (Lipinski definition) is 4. The standard InChI is InChI=1S/C13H20BNO3/c1-13(2)10-18-8-7-15(13)9-11-5-3-4-6-12(11)14(16)17/h3-6,16-17H,7-10H2,1-2H3. The molecule has 1 aliphatic rings. The maximum Gasteiger partial charge on any atom is 0.488 e. The molecule has 2 rings (SSSR count).